The van der Waals surface area contributed by atoms with Gasteiger partial charge < -0.3 is 14.8 Å². The third-order valence-electron chi connectivity index (χ3n) is 1.68. The molecular formula is C8H14N2O2. The molecule has 0 spiro atoms. The van der Waals surface area contributed by atoms with E-state index in [1.165, 1.54) is 0 Å². The number of ether oxygens (including phenoxy) is 2. The Kier molecular flexibility index (Phi) is 4.69. The molecule has 0 bridgehead atoms. The topological polar surface area (TPSA) is 54.3 Å². The third kappa shape index (κ3) is 3.67. The Morgan fingerprint density at radius 3 is 2.75 bits per heavy atom. The number of hydrogen-bond acceptors (Lipinski definition) is 4. The molecule has 0 aromatic heterocycles. The van der Waals surface area contributed by atoms with Gasteiger partial charge in [0.05, 0.1) is 38.4 Å². The van der Waals surface area contributed by atoms with E-state index < -0.39 is 0 Å². The van der Waals surface area contributed by atoms with Gasteiger partial charge in [-0.05, 0) is 0 Å². The Morgan fingerprint density at radius 2 is 2.17 bits per heavy atom. The SMILES string of the molecule is N#CCCOCCOC1CNC1. The van der Waals surface area contributed by atoms with Gasteiger partial charge in [0, 0.05) is 13.1 Å². The van der Waals surface area contributed by atoms with Crippen LogP contribution in [-0.4, -0.2) is 39.0 Å². The van der Waals surface area contributed by atoms with Crippen LogP contribution in [0.25, 0.3) is 0 Å². The van der Waals surface area contributed by atoms with Gasteiger partial charge in [-0.3, -0.25) is 0 Å². The van der Waals surface area contributed by atoms with Gasteiger partial charge in [-0.25, -0.2) is 0 Å². The molecule has 0 aromatic carbocycles. The van der Waals surface area contributed by atoms with Crippen molar-refractivity contribution < 1.29 is 9.47 Å². The van der Waals surface area contributed by atoms with E-state index in [4.69, 9.17) is 14.7 Å². The first kappa shape index (κ1) is 9.46. The van der Waals surface area contributed by atoms with Gasteiger partial charge in [-0.2, -0.15) is 5.26 Å². The molecule has 0 radical (unpaired) electrons. The van der Waals surface area contributed by atoms with E-state index in [1.54, 1.807) is 0 Å². The van der Waals surface area contributed by atoms with Crippen LogP contribution in [0.4, 0.5) is 0 Å². The zero-order chi connectivity index (χ0) is 8.65. The van der Waals surface area contributed by atoms with Crippen molar-refractivity contribution in [2.45, 2.75) is 12.5 Å². The number of nitrogens with zero attached hydrogens (tertiary/aromatic N) is 1. The quantitative estimate of drug-likeness (QED) is 0.566. The van der Waals surface area contributed by atoms with E-state index in [0.29, 0.717) is 32.3 Å². The average Bonchev–Trinajstić information content (AvgIpc) is 2.00. The molecule has 0 atom stereocenters. The first-order valence-corrected chi connectivity index (χ1v) is 4.20. The maximum absolute atomic E-state index is 8.19. The van der Waals surface area contributed by atoms with Crippen molar-refractivity contribution in [1.82, 2.24) is 5.32 Å². The molecule has 1 saturated heterocycles. The highest BCUT2D eigenvalue weighted by Crippen LogP contribution is 1.96. The first-order valence-electron chi connectivity index (χ1n) is 4.20. The van der Waals surface area contributed by atoms with E-state index >= 15 is 0 Å². The van der Waals surface area contributed by atoms with E-state index in [0.717, 1.165) is 13.1 Å². The largest absolute Gasteiger partial charge is 0.378 e. The summed E-state index contributed by atoms with van der Waals surface area (Å²) in [7, 11) is 0. The summed E-state index contributed by atoms with van der Waals surface area (Å²) in [6, 6.07) is 2.01. The molecule has 1 N–H and O–H groups in total. The minimum Gasteiger partial charge on any atom is -0.378 e. The van der Waals surface area contributed by atoms with Crippen molar-refractivity contribution in [3.05, 3.63) is 0 Å². The maximum atomic E-state index is 8.19. The lowest BCUT2D eigenvalue weighted by atomic mass is 10.2. The summed E-state index contributed by atoms with van der Waals surface area (Å²) in [6.07, 6.45) is 0.843. The number of rotatable bonds is 6. The molecule has 0 amide bonds. The van der Waals surface area contributed by atoms with Crippen molar-refractivity contribution in [3.63, 3.8) is 0 Å². The summed E-state index contributed by atoms with van der Waals surface area (Å²) in [5, 5.41) is 11.3. The lowest BCUT2D eigenvalue weighted by Crippen LogP contribution is -2.48. The summed E-state index contributed by atoms with van der Waals surface area (Å²) >= 11 is 0. The molecular weight excluding hydrogens is 156 g/mol. The third-order valence-corrected chi connectivity index (χ3v) is 1.68. The minimum atomic E-state index is 0.379. The fourth-order valence-electron chi connectivity index (χ4n) is 0.874. The second kappa shape index (κ2) is 5.95. The van der Waals surface area contributed by atoms with Crippen molar-refractivity contribution in [3.8, 4) is 6.07 Å². The van der Waals surface area contributed by atoms with Crippen molar-refractivity contribution >= 4 is 0 Å². The van der Waals surface area contributed by atoms with Crippen LogP contribution in [0.5, 0.6) is 0 Å². The van der Waals surface area contributed by atoms with Gasteiger partial charge in [0.25, 0.3) is 0 Å². The summed E-state index contributed by atoms with van der Waals surface area (Å²) in [6.45, 7) is 3.66. The Morgan fingerprint density at radius 1 is 1.33 bits per heavy atom. The predicted octanol–water partition coefficient (Wildman–Crippen LogP) is -0.0949. The van der Waals surface area contributed by atoms with E-state index in [1.807, 2.05) is 6.07 Å². The van der Waals surface area contributed by atoms with Gasteiger partial charge in [-0.1, -0.05) is 0 Å². The highest BCUT2D eigenvalue weighted by molar-refractivity contribution is 4.74. The maximum Gasteiger partial charge on any atom is 0.0824 e. The van der Waals surface area contributed by atoms with Crippen LogP contribution in [0.15, 0.2) is 0 Å². The molecule has 0 aromatic rings. The molecule has 0 unspecified atom stereocenters. The molecule has 0 aliphatic carbocycles. The molecule has 1 aliphatic rings. The van der Waals surface area contributed by atoms with Gasteiger partial charge in [-0.15, -0.1) is 0 Å². The van der Waals surface area contributed by atoms with Crippen LogP contribution in [0.1, 0.15) is 6.42 Å². The molecule has 4 nitrogen and oxygen atoms in total. The fraction of sp³-hybridized carbons (Fsp3) is 0.875. The fourth-order valence-corrected chi connectivity index (χ4v) is 0.874. The number of hydrogen-bond donors (Lipinski definition) is 1. The second-order valence-electron chi connectivity index (χ2n) is 2.67. The van der Waals surface area contributed by atoms with Gasteiger partial charge in [0.1, 0.15) is 0 Å². The average molecular weight is 170 g/mol. The van der Waals surface area contributed by atoms with Crippen LogP contribution in [-0.2, 0) is 9.47 Å². The van der Waals surface area contributed by atoms with Gasteiger partial charge in [0.2, 0.25) is 0 Å². The molecule has 1 aliphatic heterocycles. The van der Waals surface area contributed by atoms with Crippen molar-refractivity contribution in [2.24, 2.45) is 0 Å². The highest BCUT2D eigenvalue weighted by atomic mass is 16.5. The Bertz CT molecular complexity index is 152. The molecule has 12 heavy (non-hydrogen) atoms. The van der Waals surface area contributed by atoms with Gasteiger partial charge in [0.15, 0.2) is 0 Å². The number of nitriles is 1. The molecule has 0 saturated carbocycles. The predicted molar refractivity (Wildman–Crippen MR) is 43.7 cm³/mol. The van der Waals surface area contributed by atoms with Crippen molar-refractivity contribution in [2.75, 3.05) is 32.9 Å². The van der Waals surface area contributed by atoms with Crippen LogP contribution >= 0.6 is 0 Å². The summed E-state index contributed by atoms with van der Waals surface area (Å²) in [4.78, 5) is 0. The van der Waals surface area contributed by atoms with Crippen LogP contribution in [0.3, 0.4) is 0 Å². The normalized spacial score (nSPS) is 16.9. The summed E-state index contributed by atoms with van der Waals surface area (Å²) in [5.74, 6) is 0. The van der Waals surface area contributed by atoms with Crippen LogP contribution in [0.2, 0.25) is 0 Å². The van der Waals surface area contributed by atoms with E-state index in [-0.39, 0.29) is 0 Å². The van der Waals surface area contributed by atoms with Gasteiger partial charge >= 0.3 is 0 Å². The van der Waals surface area contributed by atoms with Crippen LogP contribution in [0, 0.1) is 11.3 Å². The molecule has 1 heterocycles. The minimum absolute atomic E-state index is 0.379. The molecule has 1 rings (SSSR count). The second-order valence-corrected chi connectivity index (χ2v) is 2.67. The standard InChI is InChI=1S/C8H14N2O2/c9-2-1-3-11-4-5-12-8-6-10-7-8/h8,10H,1,3-7H2. The highest BCUT2D eigenvalue weighted by Gasteiger charge is 2.15. The molecule has 1 fully saturated rings. The Labute approximate surface area is 72.5 Å². The molecule has 4 heteroatoms. The monoisotopic (exact) mass is 170 g/mol. The number of nitrogens with one attached hydrogen (secondary N) is 1. The lowest BCUT2D eigenvalue weighted by molar-refractivity contribution is -0.0157. The zero-order valence-electron chi connectivity index (χ0n) is 7.08. The zero-order valence-corrected chi connectivity index (χ0v) is 7.08. The van der Waals surface area contributed by atoms with E-state index in [9.17, 15) is 0 Å². The summed E-state index contributed by atoms with van der Waals surface area (Å²) in [5.41, 5.74) is 0. The van der Waals surface area contributed by atoms with E-state index in [2.05, 4.69) is 5.32 Å². The smallest absolute Gasteiger partial charge is 0.0824 e. The molecule has 68 valence electrons. The lowest BCUT2D eigenvalue weighted by Gasteiger charge is -2.26. The van der Waals surface area contributed by atoms with Crippen molar-refractivity contribution in [1.29, 1.82) is 5.26 Å². The Hall–Kier alpha value is -0.630. The van der Waals surface area contributed by atoms with Crippen LogP contribution < -0.4 is 5.32 Å². The first-order chi connectivity index (χ1) is 5.93. The Balaban J connectivity index is 1.74. The summed E-state index contributed by atoms with van der Waals surface area (Å²) < 4.78 is 10.5.